The molecule has 0 saturated carbocycles. The Morgan fingerprint density at radius 2 is 2.11 bits per heavy atom. The molecule has 3 heterocycles. The van der Waals surface area contributed by atoms with Crippen LogP contribution in [0.25, 0.3) is 21.5 Å². The second kappa shape index (κ2) is 8.43. The molecule has 1 N–H and O–H groups in total. The SMILES string of the molecule is O=C(Cn1cnc2c(-c3ccncc3)nsc2c1=O)NCCC1=CCCCC1. The summed E-state index contributed by atoms with van der Waals surface area (Å²) < 4.78 is 6.17. The van der Waals surface area contributed by atoms with Crippen LogP contribution >= 0.6 is 11.5 Å². The number of hydrogen-bond donors (Lipinski definition) is 1. The second-order valence-corrected chi connectivity index (χ2v) is 7.60. The van der Waals surface area contributed by atoms with E-state index in [2.05, 4.69) is 25.7 Å². The zero-order chi connectivity index (χ0) is 19.3. The van der Waals surface area contributed by atoms with Gasteiger partial charge >= 0.3 is 0 Å². The summed E-state index contributed by atoms with van der Waals surface area (Å²) in [5.74, 6) is -0.182. The van der Waals surface area contributed by atoms with Crippen molar-refractivity contribution in [1.82, 2.24) is 24.2 Å². The van der Waals surface area contributed by atoms with Crippen LogP contribution in [0.4, 0.5) is 0 Å². The smallest absolute Gasteiger partial charge is 0.273 e. The van der Waals surface area contributed by atoms with Crippen LogP contribution in [0.15, 0.2) is 47.3 Å². The van der Waals surface area contributed by atoms with Crippen molar-refractivity contribution in [2.24, 2.45) is 0 Å². The molecule has 0 spiro atoms. The Morgan fingerprint density at radius 1 is 1.25 bits per heavy atom. The lowest BCUT2D eigenvalue weighted by atomic mass is 9.97. The van der Waals surface area contributed by atoms with Crippen LogP contribution in [0.1, 0.15) is 32.1 Å². The molecule has 1 amide bonds. The van der Waals surface area contributed by atoms with E-state index in [0.717, 1.165) is 36.4 Å². The first-order valence-corrected chi connectivity index (χ1v) is 10.2. The van der Waals surface area contributed by atoms with Crippen molar-refractivity contribution in [1.29, 1.82) is 0 Å². The summed E-state index contributed by atoms with van der Waals surface area (Å²) in [6.07, 6.45) is 12.7. The minimum atomic E-state index is -0.243. The van der Waals surface area contributed by atoms with Crippen LogP contribution in [0.3, 0.4) is 0 Å². The van der Waals surface area contributed by atoms with Crippen LogP contribution in [0.5, 0.6) is 0 Å². The molecular formula is C20H21N5O2S. The highest BCUT2D eigenvalue weighted by atomic mass is 32.1. The molecule has 0 aliphatic heterocycles. The van der Waals surface area contributed by atoms with Gasteiger partial charge in [-0.2, -0.15) is 4.37 Å². The van der Waals surface area contributed by atoms with E-state index in [0.29, 0.717) is 22.5 Å². The summed E-state index contributed by atoms with van der Waals surface area (Å²) >= 11 is 1.11. The summed E-state index contributed by atoms with van der Waals surface area (Å²) in [6, 6.07) is 3.66. The van der Waals surface area contributed by atoms with E-state index in [9.17, 15) is 9.59 Å². The first-order chi connectivity index (χ1) is 13.7. The summed E-state index contributed by atoms with van der Waals surface area (Å²) in [6.45, 7) is 0.561. The number of carbonyl (C=O) groups is 1. The third-order valence-electron chi connectivity index (χ3n) is 4.87. The van der Waals surface area contributed by atoms with Crippen molar-refractivity contribution in [3.63, 3.8) is 0 Å². The molecule has 0 aromatic carbocycles. The Hall–Kier alpha value is -2.87. The molecule has 4 rings (SSSR count). The molecule has 0 saturated heterocycles. The number of hydrogen-bond acceptors (Lipinski definition) is 6. The average Bonchev–Trinajstić information content (AvgIpc) is 3.16. The van der Waals surface area contributed by atoms with Gasteiger partial charge in [0, 0.05) is 24.5 Å². The lowest BCUT2D eigenvalue weighted by molar-refractivity contribution is -0.121. The zero-order valence-electron chi connectivity index (χ0n) is 15.4. The fourth-order valence-corrected chi connectivity index (χ4v) is 4.18. The Labute approximate surface area is 166 Å². The van der Waals surface area contributed by atoms with E-state index < -0.39 is 0 Å². The number of carbonyl (C=O) groups excluding carboxylic acids is 1. The number of allylic oxidation sites excluding steroid dienone is 1. The summed E-state index contributed by atoms with van der Waals surface area (Å²) in [5, 5.41) is 2.90. The number of aromatic nitrogens is 4. The normalized spacial score (nSPS) is 14.1. The number of fused-ring (bicyclic) bond motifs is 1. The second-order valence-electron chi connectivity index (χ2n) is 6.83. The predicted octanol–water partition coefficient (Wildman–Crippen LogP) is 2.92. The maximum atomic E-state index is 12.7. The van der Waals surface area contributed by atoms with Gasteiger partial charge in [-0.05, 0) is 55.8 Å². The van der Waals surface area contributed by atoms with Crippen LogP contribution in [0.2, 0.25) is 0 Å². The Bertz CT molecular complexity index is 1070. The van der Waals surface area contributed by atoms with Gasteiger partial charge in [0.25, 0.3) is 5.56 Å². The standard InChI is InChI=1S/C20H21N5O2S/c26-16(22-11-6-14-4-2-1-3-5-14)12-25-13-23-18-17(15-7-9-21-10-8-15)24-28-19(18)20(25)27/h4,7-10,13H,1-3,5-6,11-12H2,(H,22,26). The fourth-order valence-electron chi connectivity index (χ4n) is 3.37. The van der Waals surface area contributed by atoms with E-state index in [-0.39, 0.29) is 18.0 Å². The van der Waals surface area contributed by atoms with E-state index in [1.807, 2.05) is 12.1 Å². The molecule has 3 aromatic rings. The van der Waals surface area contributed by atoms with Crippen LogP contribution in [0, 0.1) is 0 Å². The number of rotatable bonds is 6. The molecule has 28 heavy (non-hydrogen) atoms. The van der Waals surface area contributed by atoms with Crippen molar-refractivity contribution in [3.8, 4) is 11.3 Å². The van der Waals surface area contributed by atoms with Gasteiger partial charge in [0.15, 0.2) is 0 Å². The van der Waals surface area contributed by atoms with Gasteiger partial charge in [0.1, 0.15) is 22.5 Å². The molecule has 8 heteroatoms. The molecule has 0 bridgehead atoms. The van der Waals surface area contributed by atoms with Gasteiger partial charge < -0.3 is 5.32 Å². The molecule has 0 unspecified atom stereocenters. The van der Waals surface area contributed by atoms with E-state index in [1.165, 1.54) is 29.3 Å². The highest BCUT2D eigenvalue weighted by Crippen LogP contribution is 2.26. The number of pyridine rings is 1. The molecular weight excluding hydrogens is 374 g/mol. The molecule has 3 aromatic heterocycles. The Morgan fingerprint density at radius 3 is 2.89 bits per heavy atom. The first-order valence-electron chi connectivity index (χ1n) is 9.42. The summed E-state index contributed by atoms with van der Waals surface area (Å²) in [5.41, 5.74) is 3.26. The molecule has 1 aliphatic rings. The maximum Gasteiger partial charge on any atom is 0.273 e. The zero-order valence-corrected chi connectivity index (χ0v) is 16.2. The lowest BCUT2D eigenvalue weighted by Gasteiger charge is -2.13. The topological polar surface area (TPSA) is 89.8 Å². The van der Waals surface area contributed by atoms with Crippen molar-refractivity contribution in [2.75, 3.05) is 6.54 Å². The third-order valence-corrected chi connectivity index (χ3v) is 5.69. The highest BCUT2D eigenvalue weighted by Gasteiger charge is 2.15. The molecule has 0 fully saturated rings. The molecule has 7 nitrogen and oxygen atoms in total. The number of nitrogens with zero attached hydrogens (tertiary/aromatic N) is 4. The summed E-state index contributed by atoms with van der Waals surface area (Å²) in [7, 11) is 0. The van der Waals surface area contributed by atoms with Crippen LogP contribution in [-0.4, -0.2) is 31.4 Å². The molecule has 144 valence electrons. The van der Waals surface area contributed by atoms with Crippen LogP contribution in [-0.2, 0) is 11.3 Å². The van der Waals surface area contributed by atoms with Gasteiger partial charge in [-0.1, -0.05) is 11.6 Å². The average molecular weight is 395 g/mol. The number of nitrogens with one attached hydrogen (secondary N) is 1. The molecule has 1 aliphatic carbocycles. The van der Waals surface area contributed by atoms with E-state index in [1.54, 1.807) is 12.4 Å². The molecule has 0 radical (unpaired) electrons. The first kappa shape index (κ1) is 18.5. The van der Waals surface area contributed by atoms with Crippen molar-refractivity contribution in [3.05, 3.63) is 52.9 Å². The third kappa shape index (κ3) is 4.01. The van der Waals surface area contributed by atoms with Gasteiger partial charge in [-0.15, -0.1) is 0 Å². The lowest BCUT2D eigenvalue weighted by Crippen LogP contribution is -2.33. The summed E-state index contributed by atoms with van der Waals surface area (Å²) in [4.78, 5) is 33.3. The Balaban J connectivity index is 1.44. The van der Waals surface area contributed by atoms with E-state index >= 15 is 0 Å². The predicted molar refractivity (Wildman–Crippen MR) is 109 cm³/mol. The Kier molecular flexibility index (Phi) is 5.57. The van der Waals surface area contributed by atoms with Gasteiger partial charge in [-0.3, -0.25) is 19.1 Å². The van der Waals surface area contributed by atoms with Gasteiger partial charge in [0.05, 0.1) is 6.33 Å². The quantitative estimate of drug-likeness (QED) is 0.648. The van der Waals surface area contributed by atoms with E-state index in [4.69, 9.17) is 0 Å². The minimum absolute atomic E-state index is 0.0384. The van der Waals surface area contributed by atoms with Crippen molar-refractivity contribution < 1.29 is 4.79 Å². The largest absolute Gasteiger partial charge is 0.354 e. The van der Waals surface area contributed by atoms with Crippen molar-refractivity contribution >= 4 is 27.7 Å². The minimum Gasteiger partial charge on any atom is -0.354 e. The fraction of sp³-hybridized carbons (Fsp3) is 0.350. The van der Waals surface area contributed by atoms with Crippen molar-refractivity contribution in [2.45, 2.75) is 38.6 Å². The highest BCUT2D eigenvalue weighted by molar-refractivity contribution is 7.13. The monoisotopic (exact) mass is 395 g/mol. The van der Waals surface area contributed by atoms with Gasteiger partial charge in [-0.25, -0.2) is 4.98 Å². The maximum absolute atomic E-state index is 12.7. The molecule has 0 atom stereocenters. The van der Waals surface area contributed by atoms with Gasteiger partial charge in [0.2, 0.25) is 5.91 Å². The number of amides is 1. The van der Waals surface area contributed by atoms with Crippen LogP contribution < -0.4 is 10.9 Å².